The highest BCUT2D eigenvalue weighted by molar-refractivity contribution is 5.94. The minimum absolute atomic E-state index is 0.173. The molecule has 7 heteroatoms. The van der Waals surface area contributed by atoms with E-state index < -0.39 is 0 Å². The van der Waals surface area contributed by atoms with Gasteiger partial charge in [-0.05, 0) is 17.7 Å². The molecule has 0 spiro atoms. The van der Waals surface area contributed by atoms with Crippen molar-refractivity contribution in [2.75, 3.05) is 13.1 Å². The van der Waals surface area contributed by atoms with Crippen molar-refractivity contribution < 1.29 is 9.59 Å². The lowest BCUT2D eigenvalue weighted by atomic mass is 10.2. The molecule has 0 bridgehead atoms. The van der Waals surface area contributed by atoms with Crippen molar-refractivity contribution in [2.24, 2.45) is 0 Å². The quantitative estimate of drug-likeness (QED) is 0.633. The Morgan fingerprint density at radius 1 is 0.846 bits per heavy atom. The Labute approximate surface area is 151 Å². The summed E-state index contributed by atoms with van der Waals surface area (Å²) in [6.07, 6.45) is 1.60. The molecule has 0 aliphatic heterocycles. The fraction of sp³-hybridized carbons (Fsp3) is 0.158. The van der Waals surface area contributed by atoms with Crippen molar-refractivity contribution in [3.8, 4) is 0 Å². The van der Waals surface area contributed by atoms with Crippen LogP contribution < -0.4 is 10.6 Å². The van der Waals surface area contributed by atoms with Crippen molar-refractivity contribution in [1.29, 1.82) is 0 Å². The van der Waals surface area contributed by atoms with E-state index in [4.69, 9.17) is 0 Å². The number of hydrogen-bond acceptors (Lipinski definition) is 4. The van der Waals surface area contributed by atoms with Crippen LogP contribution in [0.3, 0.4) is 0 Å². The van der Waals surface area contributed by atoms with Gasteiger partial charge in [-0.25, -0.2) is 4.68 Å². The van der Waals surface area contributed by atoms with Gasteiger partial charge < -0.3 is 10.6 Å². The number of rotatable bonds is 7. The first-order valence-electron chi connectivity index (χ1n) is 8.28. The van der Waals surface area contributed by atoms with Gasteiger partial charge in [-0.15, -0.1) is 5.10 Å². The zero-order valence-corrected chi connectivity index (χ0v) is 14.1. The van der Waals surface area contributed by atoms with E-state index in [0.717, 1.165) is 5.56 Å². The molecule has 7 nitrogen and oxygen atoms in total. The minimum atomic E-state index is -0.321. The SMILES string of the molecule is O=C(NCCNC(=O)c1cn(Cc2ccccc2)nn1)c1ccccc1. The summed E-state index contributed by atoms with van der Waals surface area (Å²) in [6, 6.07) is 18.7. The third-order valence-electron chi connectivity index (χ3n) is 3.69. The molecule has 1 heterocycles. The Bertz CT molecular complexity index is 862. The third kappa shape index (κ3) is 4.76. The maximum atomic E-state index is 12.1. The number of nitrogens with one attached hydrogen (secondary N) is 2. The van der Waals surface area contributed by atoms with Gasteiger partial charge in [0, 0.05) is 18.7 Å². The second-order valence-electron chi connectivity index (χ2n) is 5.66. The van der Waals surface area contributed by atoms with Crippen LogP contribution in [0.15, 0.2) is 66.9 Å². The summed E-state index contributed by atoms with van der Waals surface area (Å²) < 4.78 is 1.61. The average molecular weight is 349 g/mol. The van der Waals surface area contributed by atoms with Crippen molar-refractivity contribution in [1.82, 2.24) is 25.6 Å². The Morgan fingerprint density at radius 2 is 1.46 bits per heavy atom. The fourth-order valence-corrected chi connectivity index (χ4v) is 2.38. The maximum Gasteiger partial charge on any atom is 0.273 e. The highest BCUT2D eigenvalue weighted by Crippen LogP contribution is 2.02. The van der Waals surface area contributed by atoms with Crippen LogP contribution in [-0.4, -0.2) is 39.9 Å². The number of benzene rings is 2. The van der Waals surface area contributed by atoms with Gasteiger partial charge >= 0.3 is 0 Å². The largest absolute Gasteiger partial charge is 0.350 e. The van der Waals surface area contributed by atoms with E-state index in [9.17, 15) is 9.59 Å². The number of amides is 2. The van der Waals surface area contributed by atoms with Crippen LogP contribution in [0.25, 0.3) is 0 Å². The van der Waals surface area contributed by atoms with E-state index in [1.54, 1.807) is 35.1 Å². The van der Waals surface area contributed by atoms with E-state index >= 15 is 0 Å². The summed E-state index contributed by atoms with van der Waals surface area (Å²) >= 11 is 0. The molecule has 0 aliphatic rings. The topological polar surface area (TPSA) is 88.9 Å². The van der Waals surface area contributed by atoms with Gasteiger partial charge in [-0.2, -0.15) is 0 Å². The molecule has 3 rings (SSSR count). The van der Waals surface area contributed by atoms with Crippen molar-refractivity contribution in [2.45, 2.75) is 6.54 Å². The summed E-state index contributed by atoms with van der Waals surface area (Å²) in [5, 5.41) is 13.3. The van der Waals surface area contributed by atoms with E-state index in [2.05, 4.69) is 20.9 Å². The first-order valence-corrected chi connectivity index (χ1v) is 8.28. The molecule has 1 aromatic heterocycles. The van der Waals surface area contributed by atoms with Crippen molar-refractivity contribution in [3.05, 3.63) is 83.7 Å². The number of carbonyl (C=O) groups excluding carboxylic acids is 2. The minimum Gasteiger partial charge on any atom is -0.350 e. The number of aromatic nitrogens is 3. The number of carbonyl (C=O) groups is 2. The first-order chi connectivity index (χ1) is 12.7. The molecule has 0 fully saturated rings. The van der Waals surface area contributed by atoms with Crippen LogP contribution in [0.4, 0.5) is 0 Å². The predicted octanol–water partition coefficient (Wildman–Crippen LogP) is 1.49. The lowest BCUT2D eigenvalue weighted by Gasteiger charge is -2.06. The summed E-state index contributed by atoms with van der Waals surface area (Å²) in [5.41, 5.74) is 1.91. The number of nitrogens with zero attached hydrogens (tertiary/aromatic N) is 3. The normalized spacial score (nSPS) is 10.3. The second kappa shape index (κ2) is 8.57. The van der Waals surface area contributed by atoms with Crippen LogP contribution in [0.2, 0.25) is 0 Å². The zero-order chi connectivity index (χ0) is 18.2. The molecular weight excluding hydrogens is 330 g/mol. The first kappa shape index (κ1) is 17.3. The molecule has 2 amide bonds. The Kier molecular flexibility index (Phi) is 5.72. The molecule has 0 radical (unpaired) electrons. The molecule has 0 atom stereocenters. The van der Waals surface area contributed by atoms with E-state index in [0.29, 0.717) is 25.2 Å². The fourth-order valence-electron chi connectivity index (χ4n) is 2.38. The standard InChI is InChI=1S/C19H19N5O2/c25-18(16-9-5-2-6-10-16)20-11-12-21-19(26)17-14-24(23-22-17)13-15-7-3-1-4-8-15/h1-10,14H,11-13H2,(H,20,25)(H,21,26). The molecular formula is C19H19N5O2. The summed E-state index contributed by atoms with van der Waals surface area (Å²) in [4.78, 5) is 24.0. The maximum absolute atomic E-state index is 12.1. The van der Waals surface area contributed by atoms with Gasteiger partial charge in [0.15, 0.2) is 5.69 Å². The van der Waals surface area contributed by atoms with Crippen LogP contribution in [0, 0.1) is 0 Å². The number of hydrogen-bond donors (Lipinski definition) is 2. The van der Waals surface area contributed by atoms with Crippen molar-refractivity contribution >= 4 is 11.8 Å². The molecule has 3 aromatic rings. The lowest BCUT2D eigenvalue weighted by Crippen LogP contribution is -2.34. The van der Waals surface area contributed by atoms with Gasteiger partial charge in [-0.3, -0.25) is 9.59 Å². The average Bonchev–Trinajstić information content (AvgIpc) is 3.15. The predicted molar refractivity (Wildman–Crippen MR) is 96.7 cm³/mol. The van der Waals surface area contributed by atoms with Crippen LogP contribution in [0.1, 0.15) is 26.4 Å². The molecule has 0 saturated heterocycles. The second-order valence-corrected chi connectivity index (χ2v) is 5.66. The van der Waals surface area contributed by atoms with E-state index in [1.807, 2.05) is 36.4 Å². The Balaban J connectivity index is 1.43. The van der Waals surface area contributed by atoms with Gasteiger partial charge in [0.25, 0.3) is 11.8 Å². The molecule has 0 saturated carbocycles. The lowest BCUT2D eigenvalue weighted by molar-refractivity contribution is 0.0925. The van der Waals surface area contributed by atoms with Crippen LogP contribution in [-0.2, 0) is 6.54 Å². The van der Waals surface area contributed by atoms with Gasteiger partial charge in [-0.1, -0.05) is 53.7 Å². The molecule has 26 heavy (non-hydrogen) atoms. The summed E-state index contributed by atoms with van der Waals surface area (Å²) in [7, 11) is 0. The van der Waals surface area contributed by atoms with E-state index in [-0.39, 0.29) is 17.5 Å². The molecule has 0 unspecified atom stereocenters. The molecule has 2 N–H and O–H groups in total. The summed E-state index contributed by atoms with van der Waals surface area (Å²) in [6.45, 7) is 1.19. The smallest absolute Gasteiger partial charge is 0.273 e. The van der Waals surface area contributed by atoms with Crippen molar-refractivity contribution in [3.63, 3.8) is 0 Å². The Morgan fingerprint density at radius 3 is 2.15 bits per heavy atom. The Hall–Kier alpha value is -3.48. The monoisotopic (exact) mass is 349 g/mol. The third-order valence-corrected chi connectivity index (χ3v) is 3.69. The molecule has 2 aromatic carbocycles. The van der Waals surface area contributed by atoms with Gasteiger partial charge in [0.05, 0.1) is 12.7 Å². The molecule has 0 aliphatic carbocycles. The molecule has 132 valence electrons. The summed E-state index contributed by atoms with van der Waals surface area (Å²) in [5.74, 6) is -0.494. The highest BCUT2D eigenvalue weighted by Gasteiger charge is 2.10. The van der Waals surface area contributed by atoms with Gasteiger partial charge in [0.1, 0.15) is 0 Å². The van der Waals surface area contributed by atoms with Crippen LogP contribution in [0.5, 0.6) is 0 Å². The highest BCUT2D eigenvalue weighted by atomic mass is 16.2. The van der Waals surface area contributed by atoms with Crippen LogP contribution >= 0.6 is 0 Å². The zero-order valence-electron chi connectivity index (χ0n) is 14.1. The van der Waals surface area contributed by atoms with E-state index in [1.165, 1.54) is 0 Å². The van der Waals surface area contributed by atoms with Gasteiger partial charge in [0.2, 0.25) is 0 Å².